The number of Topliss-reactive ketones (excluding diaryl/α,β-unsaturated/α-hetero) is 1. The van der Waals surface area contributed by atoms with Gasteiger partial charge in [-0.1, -0.05) is 42.5 Å². The Balaban J connectivity index is 2.25. The standard InChI is InChI=1S/C14H12O2/c15-8-7-14(16)10-11-5-6-12-3-1-2-4-13(12)9-11/h1-6,8-9H,7,10H2. The predicted octanol–water partition coefficient (Wildman–Crippen LogP) is 2.54. The van der Waals surface area contributed by atoms with E-state index in [1.165, 1.54) is 0 Å². The summed E-state index contributed by atoms with van der Waals surface area (Å²) in [6.45, 7) is 0. The van der Waals surface area contributed by atoms with Crippen LogP contribution in [-0.4, -0.2) is 12.1 Å². The summed E-state index contributed by atoms with van der Waals surface area (Å²) in [4.78, 5) is 21.5. The number of rotatable bonds is 4. The van der Waals surface area contributed by atoms with Crippen molar-refractivity contribution in [3.8, 4) is 0 Å². The van der Waals surface area contributed by atoms with Crippen LogP contribution >= 0.6 is 0 Å². The van der Waals surface area contributed by atoms with Crippen LogP contribution in [0.25, 0.3) is 10.8 Å². The SMILES string of the molecule is O=CCC(=O)Cc1ccc2ccccc2c1. The van der Waals surface area contributed by atoms with Gasteiger partial charge in [-0.05, 0) is 16.3 Å². The number of benzene rings is 2. The fourth-order valence-corrected chi connectivity index (χ4v) is 1.74. The Bertz CT molecular complexity index is 529. The van der Waals surface area contributed by atoms with Gasteiger partial charge in [-0.25, -0.2) is 0 Å². The Kier molecular flexibility index (Phi) is 3.10. The van der Waals surface area contributed by atoms with E-state index in [-0.39, 0.29) is 12.2 Å². The quantitative estimate of drug-likeness (QED) is 0.576. The summed E-state index contributed by atoms with van der Waals surface area (Å²) >= 11 is 0. The highest BCUT2D eigenvalue weighted by Crippen LogP contribution is 2.16. The van der Waals surface area contributed by atoms with E-state index in [9.17, 15) is 9.59 Å². The van der Waals surface area contributed by atoms with E-state index >= 15 is 0 Å². The highest BCUT2D eigenvalue weighted by molar-refractivity contribution is 5.92. The molecule has 80 valence electrons. The van der Waals surface area contributed by atoms with Crippen molar-refractivity contribution in [1.82, 2.24) is 0 Å². The average molecular weight is 212 g/mol. The lowest BCUT2D eigenvalue weighted by atomic mass is 10.0. The van der Waals surface area contributed by atoms with Crippen molar-refractivity contribution >= 4 is 22.8 Å². The summed E-state index contributed by atoms with van der Waals surface area (Å²) in [7, 11) is 0. The molecule has 0 radical (unpaired) electrons. The molecule has 2 heteroatoms. The van der Waals surface area contributed by atoms with Gasteiger partial charge in [0.25, 0.3) is 0 Å². The molecule has 0 atom stereocenters. The molecule has 0 aliphatic heterocycles. The molecule has 0 fully saturated rings. The van der Waals surface area contributed by atoms with Crippen LogP contribution in [0.1, 0.15) is 12.0 Å². The zero-order valence-corrected chi connectivity index (χ0v) is 8.85. The summed E-state index contributed by atoms with van der Waals surface area (Å²) in [6, 6.07) is 13.9. The van der Waals surface area contributed by atoms with E-state index in [0.717, 1.165) is 16.3 Å². The van der Waals surface area contributed by atoms with Crippen molar-refractivity contribution in [3.05, 3.63) is 48.0 Å². The Hall–Kier alpha value is -1.96. The van der Waals surface area contributed by atoms with E-state index in [2.05, 4.69) is 0 Å². The first-order valence-electron chi connectivity index (χ1n) is 5.22. The summed E-state index contributed by atoms with van der Waals surface area (Å²) in [6.07, 6.45) is 1.000. The van der Waals surface area contributed by atoms with Crippen LogP contribution in [0.4, 0.5) is 0 Å². The van der Waals surface area contributed by atoms with E-state index in [4.69, 9.17) is 0 Å². The summed E-state index contributed by atoms with van der Waals surface area (Å²) in [5.41, 5.74) is 0.963. The molecule has 0 saturated heterocycles. The lowest BCUT2D eigenvalue weighted by Gasteiger charge is -2.01. The van der Waals surface area contributed by atoms with E-state index in [1.54, 1.807) is 0 Å². The van der Waals surface area contributed by atoms with Crippen molar-refractivity contribution in [1.29, 1.82) is 0 Å². The third kappa shape index (κ3) is 2.34. The predicted molar refractivity (Wildman–Crippen MR) is 63.3 cm³/mol. The minimum Gasteiger partial charge on any atom is -0.303 e. The lowest BCUT2D eigenvalue weighted by Crippen LogP contribution is -2.02. The lowest BCUT2D eigenvalue weighted by molar-refractivity contribution is -0.121. The van der Waals surface area contributed by atoms with Crippen molar-refractivity contribution in [2.75, 3.05) is 0 Å². The minimum absolute atomic E-state index is 0.00677. The summed E-state index contributed by atoms with van der Waals surface area (Å²) in [5.74, 6) is -0.0368. The molecule has 0 heterocycles. The molecular weight excluding hydrogens is 200 g/mol. The number of fused-ring (bicyclic) bond motifs is 1. The van der Waals surface area contributed by atoms with E-state index < -0.39 is 0 Å². The van der Waals surface area contributed by atoms with Gasteiger partial charge < -0.3 is 4.79 Å². The van der Waals surface area contributed by atoms with Gasteiger partial charge in [0.2, 0.25) is 0 Å². The zero-order valence-electron chi connectivity index (χ0n) is 8.85. The topological polar surface area (TPSA) is 34.1 Å². The molecule has 0 amide bonds. The van der Waals surface area contributed by atoms with Crippen LogP contribution in [0.3, 0.4) is 0 Å². The van der Waals surface area contributed by atoms with Crippen LogP contribution in [0.15, 0.2) is 42.5 Å². The molecule has 0 spiro atoms. The Morgan fingerprint density at radius 1 is 1.06 bits per heavy atom. The molecule has 0 unspecified atom stereocenters. The molecule has 0 N–H and O–H groups in total. The van der Waals surface area contributed by atoms with Gasteiger partial charge in [0.05, 0.1) is 6.42 Å². The summed E-state index contributed by atoms with van der Waals surface area (Å²) in [5, 5.41) is 2.29. The highest BCUT2D eigenvalue weighted by Gasteiger charge is 2.03. The molecule has 2 nitrogen and oxygen atoms in total. The van der Waals surface area contributed by atoms with Gasteiger partial charge in [0.1, 0.15) is 12.1 Å². The first-order chi connectivity index (χ1) is 7.79. The maximum Gasteiger partial charge on any atom is 0.144 e. The van der Waals surface area contributed by atoms with Crippen LogP contribution in [0.2, 0.25) is 0 Å². The van der Waals surface area contributed by atoms with Crippen LogP contribution < -0.4 is 0 Å². The first kappa shape index (κ1) is 10.6. The first-order valence-corrected chi connectivity index (χ1v) is 5.22. The Morgan fingerprint density at radius 2 is 1.81 bits per heavy atom. The number of aldehydes is 1. The molecule has 0 aromatic heterocycles. The maximum absolute atomic E-state index is 11.3. The monoisotopic (exact) mass is 212 g/mol. The second-order valence-electron chi connectivity index (χ2n) is 3.77. The number of carbonyl (C=O) groups excluding carboxylic acids is 2. The van der Waals surface area contributed by atoms with Gasteiger partial charge in [0.15, 0.2) is 0 Å². The molecule has 16 heavy (non-hydrogen) atoms. The number of ketones is 1. The van der Waals surface area contributed by atoms with Gasteiger partial charge in [0, 0.05) is 6.42 Å². The largest absolute Gasteiger partial charge is 0.303 e. The second-order valence-corrected chi connectivity index (χ2v) is 3.77. The molecule has 0 saturated carbocycles. The van der Waals surface area contributed by atoms with Crippen LogP contribution in [0.5, 0.6) is 0 Å². The molecule has 0 bridgehead atoms. The van der Waals surface area contributed by atoms with Gasteiger partial charge in [-0.2, -0.15) is 0 Å². The third-order valence-electron chi connectivity index (χ3n) is 2.53. The zero-order chi connectivity index (χ0) is 11.4. The number of carbonyl (C=O) groups is 2. The minimum atomic E-state index is -0.0368. The van der Waals surface area contributed by atoms with Gasteiger partial charge in [-0.3, -0.25) is 4.79 Å². The molecule has 2 rings (SSSR count). The normalized spacial score (nSPS) is 10.2. The molecule has 0 aliphatic carbocycles. The smallest absolute Gasteiger partial charge is 0.144 e. The van der Waals surface area contributed by atoms with Crippen LogP contribution in [0, 0.1) is 0 Å². The van der Waals surface area contributed by atoms with Crippen molar-refractivity contribution < 1.29 is 9.59 Å². The Morgan fingerprint density at radius 3 is 2.56 bits per heavy atom. The fraction of sp³-hybridized carbons (Fsp3) is 0.143. The molecular formula is C14H12O2. The van der Waals surface area contributed by atoms with Crippen molar-refractivity contribution in [3.63, 3.8) is 0 Å². The van der Waals surface area contributed by atoms with Crippen molar-refractivity contribution in [2.24, 2.45) is 0 Å². The average Bonchev–Trinajstić information content (AvgIpc) is 2.29. The second kappa shape index (κ2) is 4.71. The van der Waals surface area contributed by atoms with Gasteiger partial charge in [-0.15, -0.1) is 0 Å². The van der Waals surface area contributed by atoms with E-state index in [0.29, 0.717) is 12.7 Å². The highest BCUT2D eigenvalue weighted by atomic mass is 16.1. The maximum atomic E-state index is 11.3. The van der Waals surface area contributed by atoms with E-state index in [1.807, 2.05) is 42.5 Å². The molecule has 0 aliphatic rings. The molecule has 2 aromatic rings. The Labute approximate surface area is 93.9 Å². The van der Waals surface area contributed by atoms with Crippen molar-refractivity contribution in [2.45, 2.75) is 12.8 Å². The van der Waals surface area contributed by atoms with Gasteiger partial charge >= 0.3 is 0 Å². The number of hydrogen-bond acceptors (Lipinski definition) is 2. The molecule has 2 aromatic carbocycles. The summed E-state index contributed by atoms with van der Waals surface area (Å²) < 4.78 is 0. The number of hydrogen-bond donors (Lipinski definition) is 0. The fourth-order valence-electron chi connectivity index (χ4n) is 1.74. The third-order valence-corrected chi connectivity index (χ3v) is 2.53. The van der Waals surface area contributed by atoms with Crippen LogP contribution in [-0.2, 0) is 16.0 Å².